The van der Waals surface area contributed by atoms with E-state index in [9.17, 15) is 13.2 Å². The van der Waals surface area contributed by atoms with Crippen LogP contribution in [0.3, 0.4) is 0 Å². The molecule has 0 bridgehead atoms. The minimum absolute atomic E-state index is 0.0954. The van der Waals surface area contributed by atoms with Crippen LogP contribution in [0.15, 0.2) is 65.7 Å². The summed E-state index contributed by atoms with van der Waals surface area (Å²) in [5.41, 5.74) is 1.54. The number of nitrogens with zero attached hydrogens (tertiary/aromatic N) is 4. The molecule has 0 spiro atoms. The van der Waals surface area contributed by atoms with Crippen LogP contribution < -0.4 is 5.32 Å². The van der Waals surface area contributed by atoms with Crippen molar-refractivity contribution in [1.29, 1.82) is 0 Å². The molecule has 27 heavy (non-hydrogen) atoms. The van der Waals surface area contributed by atoms with Gasteiger partial charge in [0.1, 0.15) is 0 Å². The second-order valence-electron chi connectivity index (χ2n) is 6.06. The molecule has 0 saturated carbocycles. The molecule has 0 aliphatic rings. The summed E-state index contributed by atoms with van der Waals surface area (Å²) < 4.78 is 27.1. The Bertz CT molecular complexity index is 1050. The highest BCUT2D eigenvalue weighted by Crippen LogP contribution is 2.18. The second-order valence-corrected chi connectivity index (χ2v) is 8.21. The predicted molar refractivity (Wildman–Crippen MR) is 101 cm³/mol. The van der Waals surface area contributed by atoms with E-state index in [0.717, 1.165) is 9.87 Å². The largest absolute Gasteiger partial charge is 0.321 e. The van der Waals surface area contributed by atoms with Gasteiger partial charge in [-0.2, -0.15) is 0 Å². The van der Waals surface area contributed by atoms with Gasteiger partial charge in [0, 0.05) is 19.8 Å². The summed E-state index contributed by atoms with van der Waals surface area (Å²) in [7, 11) is -0.680. The lowest BCUT2D eigenvalue weighted by molar-refractivity contribution is 0.102. The molecule has 0 saturated heterocycles. The van der Waals surface area contributed by atoms with E-state index in [4.69, 9.17) is 0 Å². The first-order valence-corrected chi connectivity index (χ1v) is 9.58. The molecule has 0 atom stereocenters. The van der Waals surface area contributed by atoms with Crippen LogP contribution in [-0.4, -0.2) is 47.7 Å². The van der Waals surface area contributed by atoms with Gasteiger partial charge in [0.25, 0.3) is 5.91 Å². The van der Waals surface area contributed by atoms with E-state index in [1.165, 1.54) is 26.2 Å². The highest BCUT2D eigenvalue weighted by atomic mass is 32.2. The van der Waals surface area contributed by atoms with E-state index in [-0.39, 0.29) is 10.6 Å². The van der Waals surface area contributed by atoms with Crippen LogP contribution in [0.5, 0.6) is 0 Å². The Kier molecular flexibility index (Phi) is 5.33. The van der Waals surface area contributed by atoms with Crippen molar-refractivity contribution >= 4 is 21.6 Å². The number of anilines is 1. The number of hydrogen-bond acceptors (Lipinski definition) is 5. The molecular weight excluding hydrogens is 366 g/mol. The second kappa shape index (κ2) is 7.68. The number of sulfonamides is 1. The first-order chi connectivity index (χ1) is 12.9. The van der Waals surface area contributed by atoms with Gasteiger partial charge in [0.15, 0.2) is 5.69 Å². The van der Waals surface area contributed by atoms with Crippen LogP contribution in [0.2, 0.25) is 0 Å². The van der Waals surface area contributed by atoms with Crippen molar-refractivity contribution in [3.8, 4) is 0 Å². The SMILES string of the molecule is CN(C)S(=O)(=O)c1cccc(NC(=O)c2cn(Cc3ccccc3)nn2)c1. The zero-order valence-electron chi connectivity index (χ0n) is 14.9. The Hall–Kier alpha value is -3.04. The van der Waals surface area contributed by atoms with Crippen LogP contribution in [0.1, 0.15) is 16.1 Å². The fourth-order valence-electron chi connectivity index (χ4n) is 2.39. The Labute approximate surface area is 157 Å². The van der Waals surface area contributed by atoms with Crippen LogP contribution in [0, 0.1) is 0 Å². The van der Waals surface area contributed by atoms with Crippen LogP contribution in [0.25, 0.3) is 0 Å². The molecule has 0 aliphatic carbocycles. The van der Waals surface area contributed by atoms with Gasteiger partial charge < -0.3 is 5.32 Å². The fraction of sp³-hybridized carbons (Fsp3) is 0.167. The van der Waals surface area contributed by atoms with E-state index in [1.54, 1.807) is 23.0 Å². The van der Waals surface area contributed by atoms with E-state index in [0.29, 0.717) is 12.2 Å². The number of amides is 1. The summed E-state index contributed by atoms with van der Waals surface area (Å²) >= 11 is 0. The lowest BCUT2D eigenvalue weighted by Gasteiger charge is -2.12. The van der Waals surface area contributed by atoms with E-state index >= 15 is 0 Å². The highest BCUT2D eigenvalue weighted by Gasteiger charge is 2.18. The third-order valence-corrected chi connectivity index (χ3v) is 5.64. The van der Waals surface area contributed by atoms with Gasteiger partial charge in [-0.25, -0.2) is 17.4 Å². The molecule has 0 fully saturated rings. The van der Waals surface area contributed by atoms with Gasteiger partial charge >= 0.3 is 0 Å². The molecule has 2 aromatic carbocycles. The molecule has 1 amide bonds. The third-order valence-electron chi connectivity index (χ3n) is 3.83. The number of carbonyl (C=O) groups excluding carboxylic acids is 1. The van der Waals surface area contributed by atoms with Gasteiger partial charge in [-0.3, -0.25) is 4.79 Å². The van der Waals surface area contributed by atoms with Crippen molar-refractivity contribution in [3.63, 3.8) is 0 Å². The van der Waals surface area contributed by atoms with E-state index in [2.05, 4.69) is 15.6 Å². The summed E-state index contributed by atoms with van der Waals surface area (Å²) in [5.74, 6) is -0.464. The Morgan fingerprint density at radius 3 is 2.56 bits per heavy atom. The fourth-order valence-corrected chi connectivity index (χ4v) is 3.34. The lowest BCUT2D eigenvalue weighted by Crippen LogP contribution is -2.22. The normalized spacial score (nSPS) is 11.5. The summed E-state index contributed by atoms with van der Waals surface area (Å²) in [5, 5.41) is 10.5. The number of rotatable bonds is 6. The quantitative estimate of drug-likeness (QED) is 0.698. The number of benzene rings is 2. The molecule has 1 heterocycles. The summed E-state index contributed by atoms with van der Waals surface area (Å²) in [6.45, 7) is 0.498. The summed E-state index contributed by atoms with van der Waals surface area (Å²) in [4.78, 5) is 12.5. The number of hydrogen-bond donors (Lipinski definition) is 1. The molecule has 8 nitrogen and oxygen atoms in total. The maximum atomic E-state index is 12.4. The maximum absolute atomic E-state index is 12.4. The van der Waals surface area contributed by atoms with E-state index in [1.807, 2.05) is 30.3 Å². The number of carbonyl (C=O) groups is 1. The standard InChI is InChI=1S/C18H19N5O3S/c1-22(2)27(25,26)16-10-6-9-15(11-16)19-18(24)17-13-23(21-20-17)12-14-7-4-3-5-8-14/h3-11,13H,12H2,1-2H3,(H,19,24). The number of aromatic nitrogens is 3. The first kappa shape index (κ1) is 18.7. The Balaban J connectivity index is 1.73. The van der Waals surface area contributed by atoms with Crippen molar-refractivity contribution in [3.05, 3.63) is 72.1 Å². The molecule has 1 aromatic heterocycles. The minimum atomic E-state index is -3.58. The minimum Gasteiger partial charge on any atom is -0.321 e. The van der Waals surface area contributed by atoms with Crippen molar-refractivity contribution < 1.29 is 13.2 Å². The highest BCUT2D eigenvalue weighted by molar-refractivity contribution is 7.89. The molecule has 0 unspecified atom stereocenters. The van der Waals surface area contributed by atoms with Crippen molar-refractivity contribution in [1.82, 2.24) is 19.3 Å². The first-order valence-electron chi connectivity index (χ1n) is 8.14. The molecule has 3 aromatic rings. The monoisotopic (exact) mass is 385 g/mol. The van der Waals surface area contributed by atoms with Gasteiger partial charge in [-0.1, -0.05) is 41.6 Å². The maximum Gasteiger partial charge on any atom is 0.277 e. The topological polar surface area (TPSA) is 97.2 Å². The molecular formula is C18H19N5O3S. The van der Waals surface area contributed by atoms with Gasteiger partial charge in [-0.15, -0.1) is 5.10 Å². The zero-order chi connectivity index (χ0) is 19.4. The Morgan fingerprint density at radius 1 is 1.11 bits per heavy atom. The van der Waals surface area contributed by atoms with Gasteiger partial charge in [-0.05, 0) is 23.8 Å². The average Bonchev–Trinajstić information content (AvgIpc) is 3.11. The average molecular weight is 385 g/mol. The third kappa shape index (κ3) is 4.39. The lowest BCUT2D eigenvalue weighted by atomic mass is 10.2. The van der Waals surface area contributed by atoms with Crippen LogP contribution in [-0.2, 0) is 16.6 Å². The number of nitrogens with one attached hydrogen (secondary N) is 1. The van der Waals surface area contributed by atoms with Crippen molar-refractivity contribution in [2.45, 2.75) is 11.4 Å². The predicted octanol–water partition coefficient (Wildman–Crippen LogP) is 1.83. The zero-order valence-corrected chi connectivity index (χ0v) is 15.7. The molecule has 0 aliphatic heterocycles. The summed E-state index contributed by atoms with van der Waals surface area (Å²) in [6, 6.07) is 15.7. The molecule has 1 N–H and O–H groups in total. The molecule has 9 heteroatoms. The molecule has 140 valence electrons. The van der Waals surface area contributed by atoms with Crippen molar-refractivity contribution in [2.75, 3.05) is 19.4 Å². The van der Waals surface area contributed by atoms with Crippen molar-refractivity contribution in [2.24, 2.45) is 0 Å². The van der Waals surface area contributed by atoms with Gasteiger partial charge in [0.05, 0.1) is 17.6 Å². The molecule has 3 rings (SSSR count). The Morgan fingerprint density at radius 2 is 1.85 bits per heavy atom. The van der Waals surface area contributed by atoms with Crippen LogP contribution >= 0.6 is 0 Å². The smallest absolute Gasteiger partial charge is 0.277 e. The van der Waals surface area contributed by atoms with E-state index < -0.39 is 15.9 Å². The van der Waals surface area contributed by atoms with Crippen LogP contribution in [0.4, 0.5) is 5.69 Å². The summed E-state index contributed by atoms with van der Waals surface area (Å²) in [6.07, 6.45) is 1.54. The molecule has 0 radical (unpaired) electrons. The van der Waals surface area contributed by atoms with Gasteiger partial charge in [0.2, 0.25) is 10.0 Å².